The Morgan fingerprint density at radius 2 is 1.85 bits per heavy atom. The van der Waals surface area contributed by atoms with Crippen LogP contribution in [0.1, 0.15) is 27.7 Å². The Morgan fingerprint density at radius 1 is 1.38 bits per heavy atom. The molecule has 0 saturated carbocycles. The van der Waals surface area contributed by atoms with Crippen LogP contribution in [-0.4, -0.2) is 15.6 Å². The van der Waals surface area contributed by atoms with E-state index in [2.05, 4.69) is 4.52 Å². The minimum Gasteiger partial charge on any atom is -0.470 e. The van der Waals surface area contributed by atoms with Crippen molar-refractivity contribution in [2.24, 2.45) is 0 Å². The molecule has 0 atom stereocenters. The Balaban J connectivity index is 4.25. The lowest BCUT2D eigenvalue weighted by Crippen LogP contribution is -2.24. The van der Waals surface area contributed by atoms with Crippen LogP contribution in [0.5, 0.6) is 0 Å². The van der Waals surface area contributed by atoms with E-state index in [0.717, 1.165) is 5.57 Å². The van der Waals surface area contributed by atoms with Gasteiger partial charge in [0.1, 0.15) is 0 Å². The maximum atomic E-state index is 10.5. The maximum Gasteiger partial charge on any atom is 0.472 e. The summed E-state index contributed by atoms with van der Waals surface area (Å²) < 4.78 is 19.8. The van der Waals surface area contributed by atoms with E-state index in [1.54, 1.807) is 13.8 Å². The highest BCUT2D eigenvalue weighted by molar-refractivity contribution is 7.46. The summed E-state index contributed by atoms with van der Waals surface area (Å²) in [4.78, 5) is 17.0. The van der Waals surface area contributed by atoms with Crippen LogP contribution >= 0.6 is 7.82 Å². The lowest BCUT2D eigenvalue weighted by Gasteiger charge is -2.24. The Hall–Kier alpha value is -0.350. The van der Waals surface area contributed by atoms with Crippen molar-refractivity contribution in [1.82, 2.24) is 0 Å². The number of phosphoric ester groups is 1. The summed E-state index contributed by atoms with van der Waals surface area (Å²) in [5, 5.41) is 0. The van der Waals surface area contributed by atoms with Crippen molar-refractivity contribution in [3.05, 3.63) is 11.8 Å². The predicted molar refractivity (Wildman–Crippen MR) is 47.7 cm³/mol. The molecule has 0 aliphatic carbocycles. The second kappa shape index (κ2) is 4.24. The minimum absolute atomic E-state index is 0.877. The van der Waals surface area contributed by atoms with E-state index < -0.39 is 13.6 Å². The summed E-state index contributed by atoms with van der Waals surface area (Å²) in [6.07, 6.45) is 1.38. The van der Waals surface area contributed by atoms with Gasteiger partial charge in [-0.05, 0) is 19.4 Å². The van der Waals surface area contributed by atoms with E-state index in [0.29, 0.717) is 0 Å². The van der Waals surface area contributed by atoms with E-state index in [-0.39, 0.29) is 0 Å². The van der Waals surface area contributed by atoms with Gasteiger partial charge < -0.3 is 14.5 Å². The van der Waals surface area contributed by atoms with Gasteiger partial charge in [0, 0.05) is 13.8 Å². The van der Waals surface area contributed by atoms with Crippen LogP contribution in [0, 0.1) is 0 Å². The molecular weight excluding hydrogens is 195 g/mol. The average Bonchev–Trinajstić information content (AvgIpc) is 1.78. The molecule has 0 aromatic rings. The molecule has 0 fully saturated rings. The van der Waals surface area contributed by atoms with Crippen molar-refractivity contribution in [2.45, 2.75) is 33.5 Å². The molecule has 0 aromatic carbocycles. The molecule has 0 bridgehead atoms. The quantitative estimate of drug-likeness (QED) is 0.420. The van der Waals surface area contributed by atoms with Crippen molar-refractivity contribution in [1.29, 1.82) is 0 Å². The number of hydrogen-bond acceptors (Lipinski definition) is 3. The molecule has 2 N–H and O–H groups in total. The summed E-state index contributed by atoms with van der Waals surface area (Å²) in [6.45, 7) is 6.44. The number of hydrogen-bond donors (Lipinski definition) is 2. The maximum absolute atomic E-state index is 10.5. The minimum atomic E-state index is -4.50. The van der Waals surface area contributed by atoms with Gasteiger partial charge in [0.15, 0.2) is 0 Å². The summed E-state index contributed by atoms with van der Waals surface area (Å²) in [5.41, 5.74) is 0.877. The summed E-state index contributed by atoms with van der Waals surface area (Å²) >= 11 is 0. The summed E-state index contributed by atoms with van der Waals surface area (Å²) in [5.74, 6) is -1.32. The smallest absolute Gasteiger partial charge is 0.470 e. The van der Waals surface area contributed by atoms with Crippen molar-refractivity contribution in [3.8, 4) is 0 Å². The first kappa shape index (κ1) is 12.7. The summed E-state index contributed by atoms with van der Waals surface area (Å²) in [7, 11) is -4.50. The Morgan fingerprint density at radius 3 is 2.15 bits per heavy atom. The molecule has 0 amide bonds. The molecule has 0 radical (unpaired) electrons. The molecule has 0 aliphatic rings. The molecule has 0 aliphatic heterocycles. The third-order valence-electron chi connectivity index (χ3n) is 0.917. The van der Waals surface area contributed by atoms with Gasteiger partial charge in [0.05, 0.1) is 6.26 Å². The number of allylic oxidation sites excluding steroid dienone is 1. The lowest BCUT2D eigenvalue weighted by molar-refractivity contribution is -0.126. The van der Waals surface area contributed by atoms with Gasteiger partial charge in [-0.2, -0.15) is 0 Å². The molecule has 0 rings (SSSR count). The largest absolute Gasteiger partial charge is 0.472 e. The van der Waals surface area contributed by atoms with E-state index in [9.17, 15) is 4.57 Å². The monoisotopic (exact) mass is 210 g/mol. The molecule has 0 unspecified atom stereocenters. The molecule has 6 heteroatoms. The van der Waals surface area contributed by atoms with Crippen LogP contribution < -0.4 is 0 Å². The van der Waals surface area contributed by atoms with Crippen LogP contribution in [0.25, 0.3) is 0 Å². The highest BCUT2D eigenvalue weighted by Crippen LogP contribution is 2.41. The lowest BCUT2D eigenvalue weighted by atomic mass is 10.4. The second-order valence-corrected chi connectivity index (χ2v) is 4.46. The van der Waals surface area contributed by atoms with Crippen LogP contribution in [0.15, 0.2) is 11.8 Å². The van der Waals surface area contributed by atoms with Gasteiger partial charge in [0.25, 0.3) is 0 Å². The summed E-state index contributed by atoms with van der Waals surface area (Å²) in [6, 6.07) is 0. The van der Waals surface area contributed by atoms with Crippen LogP contribution in [0.3, 0.4) is 0 Å². The Bertz CT molecular complexity index is 235. The van der Waals surface area contributed by atoms with Crippen LogP contribution in [0.2, 0.25) is 0 Å². The molecule has 0 spiro atoms. The van der Waals surface area contributed by atoms with E-state index in [4.69, 9.17) is 14.5 Å². The molecular formula is C7H15O5P. The second-order valence-electron chi connectivity index (χ2n) is 3.29. The SMILES string of the molecule is CC(C)=COC(C)(C)OP(=O)(O)O. The van der Waals surface area contributed by atoms with Crippen molar-refractivity contribution in [3.63, 3.8) is 0 Å². The Kier molecular flexibility index (Phi) is 4.13. The fraction of sp³-hybridized carbons (Fsp3) is 0.714. The molecule has 0 heterocycles. The zero-order chi connectivity index (χ0) is 10.7. The molecule has 0 saturated heterocycles. The standard InChI is InChI=1S/C7H15O5P/c1-6(2)5-11-7(3,4)12-13(8,9)10/h5H,1-4H3,(H2,8,9,10). The zero-order valence-corrected chi connectivity index (χ0v) is 9.04. The van der Waals surface area contributed by atoms with Crippen molar-refractivity contribution in [2.75, 3.05) is 0 Å². The third-order valence-corrected chi connectivity index (χ3v) is 1.59. The highest BCUT2D eigenvalue weighted by atomic mass is 31.2. The van der Waals surface area contributed by atoms with Gasteiger partial charge in [0.2, 0.25) is 5.79 Å². The van der Waals surface area contributed by atoms with Crippen molar-refractivity contribution < 1.29 is 23.6 Å². The van der Waals surface area contributed by atoms with Crippen LogP contribution in [-0.2, 0) is 13.8 Å². The fourth-order valence-corrected chi connectivity index (χ4v) is 1.18. The van der Waals surface area contributed by atoms with Gasteiger partial charge in [-0.25, -0.2) is 9.09 Å². The van der Waals surface area contributed by atoms with E-state index >= 15 is 0 Å². The molecule has 5 nitrogen and oxygen atoms in total. The molecule has 0 aromatic heterocycles. The van der Waals surface area contributed by atoms with Gasteiger partial charge in [-0.1, -0.05) is 0 Å². The predicted octanol–water partition coefficient (Wildman–Crippen LogP) is 1.77. The van der Waals surface area contributed by atoms with Crippen molar-refractivity contribution >= 4 is 7.82 Å². The first-order chi connectivity index (χ1) is 5.62. The van der Waals surface area contributed by atoms with Crippen LogP contribution in [0.4, 0.5) is 0 Å². The topological polar surface area (TPSA) is 76.0 Å². The fourth-order valence-electron chi connectivity index (χ4n) is 0.568. The zero-order valence-electron chi connectivity index (χ0n) is 8.14. The number of phosphoric acid groups is 1. The normalized spacial score (nSPS) is 12.5. The Labute approximate surface area is 77.6 Å². The number of rotatable bonds is 4. The average molecular weight is 210 g/mol. The molecule has 78 valence electrons. The highest BCUT2D eigenvalue weighted by Gasteiger charge is 2.29. The van der Waals surface area contributed by atoms with E-state index in [1.165, 1.54) is 20.1 Å². The van der Waals surface area contributed by atoms with E-state index in [1.807, 2.05) is 0 Å². The molecule has 13 heavy (non-hydrogen) atoms. The first-order valence-electron chi connectivity index (χ1n) is 3.70. The van der Waals surface area contributed by atoms with Gasteiger partial charge >= 0.3 is 7.82 Å². The number of ether oxygens (including phenoxy) is 1. The van der Waals surface area contributed by atoms with Gasteiger partial charge in [-0.3, -0.25) is 0 Å². The first-order valence-corrected chi connectivity index (χ1v) is 5.23. The van der Waals surface area contributed by atoms with Gasteiger partial charge in [-0.15, -0.1) is 0 Å². The third kappa shape index (κ3) is 7.99.